The lowest BCUT2D eigenvalue weighted by Gasteiger charge is -2.11. The zero-order chi connectivity index (χ0) is 20.4. The van der Waals surface area contributed by atoms with Crippen LogP contribution >= 0.6 is 11.6 Å². The summed E-state index contributed by atoms with van der Waals surface area (Å²) >= 11 is 5.83. The molecule has 2 aromatic carbocycles. The average Bonchev–Trinajstić information content (AvgIpc) is 2.59. The third kappa shape index (κ3) is 4.23. The molecular weight excluding hydrogens is 396 g/mol. The predicted molar refractivity (Wildman–Crippen MR) is 99.5 cm³/mol. The fourth-order valence-electron chi connectivity index (χ4n) is 2.40. The molecule has 0 radical (unpaired) electrons. The quantitative estimate of drug-likeness (QED) is 0.330. The van der Waals surface area contributed by atoms with E-state index < -0.39 is 37.2 Å². The molecule has 9 nitrogen and oxygen atoms in total. The average molecular weight is 411 g/mol. The van der Waals surface area contributed by atoms with Crippen molar-refractivity contribution in [2.45, 2.75) is 23.1 Å². The van der Waals surface area contributed by atoms with Gasteiger partial charge in [-0.05, 0) is 36.2 Å². The summed E-state index contributed by atoms with van der Waals surface area (Å²) in [5.41, 5.74) is 9.68. The number of halogens is 1. The molecule has 0 heterocycles. The Hall–Kier alpha value is -2.98. The molecule has 0 saturated carbocycles. The first-order chi connectivity index (χ1) is 12.6. The topological polar surface area (TPSA) is 159 Å². The van der Waals surface area contributed by atoms with E-state index in [0.29, 0.717) is 0 Å². The summed E-state index contributed by atoms with van der Waals surface area (Å²) in [5, 5.41) is 11.6. The van der Waals surface area contributed by atoms with Crippen molar-refractivity contribution in [3.63, 3.8) is 0 Å². The van der Waals surface area contributed by atoms with E-state index in [9.17, 15) is 23.3 Å². The van der Waals surface area contributed by atoms with E-state index in [4.69, 9.17) is 23.1 Å². The van der Waals surface area contributed by atoms with Crippen molar-refractivity contribution in [2.24, 2.45) is 16.5 Å². The Morgan fingerprint density at radius 3 is 2.44 bits per heavy atom. The van der Waals surface area contributed by atoms with Crippen molar-refractivity contribution in [3.05, 3.63) is 62.7 Å². The molecule has 0 aliphatic carbocycles. The Kier molecular flexibility index (Phi) is 5.82. The third-order valence-electron chi connectivity index (χ3n) is 3.62. The van der Waals surface area contributed by atoms with Gasteiger partial charge in [0.15, 0.2) is 5.96 Å². The lowest BCUT2D eigenvalue weighted by atomic mass is 10.0. The van der Waals surface area contributed by atoms with E-state index in [1.165, 1.54) is 24.3 Å². The number of nitrogens with zero attached hydrogens (tertiary/aromatic N) is 2. The first-order valence-corrected chi connectivity index (χ1v) is 9.40. The van der Waals surface area contributed by atoms with Crippen LogP contribution in [0.15, 0.2) is 51.2 Å². The van der Waals surface area contributed by atoms with Crippen LogP contribution in [0.25, 0.3) is 0 Å². The van der Waals surface area contributed by atoms with Gasteiger partial charge in [0.05, 0.1) is 15.4 Å². The molecule has 142 valence electrons. The first kappa shape index (κ1) is 20.3. The van der Waals surface area contributed by atoms with E-state index in [1.54, 1.807) is 6.92 Å². The van der Waals surface area contributed by atoms with Crippen molar-refractivity contribution in [3.8, 4) is 0 Å². The van der Waals surface area contributed by atoms with Crippen molar-refractivity contribution in [2.75, 3.05) is 0 Å². The molecule has 27 heavy (non-hydrogen) atoms. The monoisotopic (exact) mass is 410 g/mol. The predicted octanol–water partition coefficient (Wildman–Crippen LogP) is 2.06. The largest absolute Gasteiger partial charge is 0.370 e. The number of aliphatic imine (C=N–C) groups is 1. The fraction of sp³-hybridized carbons (Fsp3) is 0.125. The minimum Gasteiger partial charge on any atom is -0.370 e. The SMILES string of the molecule is CCc1cc(S(=O)(=O)c2cccc(Cl)c2)c([N+](=O)[O-])cc1C(=O)N=C(N)N. The molecule has 0 spiro atoms. The van der Waals surface area contributed by atoms with Crippen molar-refractivity contribution >= 4 is 39.0 Å². The Morgan fingerprint density at radius 2 is 1.93 bits per heavy atom. The molecule has 0 aliphatic rings. The van der Waals surface area contributed by atoms with Gasteiger partial charge in [0.2, 0.25) is 9.84 Å². The number of benzene rings is 2. The molecule has 0 unspecified atom stereocenters. The fourth-order valence-corrected chi connectivity index (χ4v) is 4.15. The maximum absolute atomic E-state index is 12.9. The number of carbonyl (C=O) groups excluding carboxylic acids is 1. The third-order valence-corrected chi connectivity index (χ3v) is 5.63. The number of aryl methyl sites for hydroxylation is 1. The highest BCUT2D eigenvalue weighted by Gasteiger charge is 2.30. The zero-order valence-electron chi connectivity index (χ0n) is 14.0. The van der Waals surface area contributed by atoms with Gasteiger partial charge in [-0.25, -0.2) is 8.42 Å². The highest BCUT2D eigenvalue weighted by Crippen LogP contribution is 2.33. The second kappa shape index (κ2) is 7.72. The van der Waals surface area contributed by atoms with Gasteiger partial charge in [-0.15, -0.1) is 0 Å². The molecule has 0 saturated heterocycles. The van der Waals surface area contributed by atoms with E-state index in [2.05, 4.69) is 4.99 Å². The van der Waals surface area contributed by atoms with Gasteiger partial charge in [0.1, 0.15) is 4.90 Å². The molecule has 4 N–H and O–H groups in total. The molecule has 2 rings (SSSR count). The van der Waals surface area contributed by atoms with E-state index in [-0.39, 0.29) is 27.5 Å². The van der Waals surface area contributed by atoms with Crippen molar-refractivity contribution in [1.29, 1.82) is 0 Å². The van der Waals surface area contributed by atoms with Crippen LogP contribution in [0.2, 0.25) is 5.02 Å². The summed E-state index contributed by atoms with van der Waals surface area (Å²) in [6.45, 7) is 1.66. The maximum atomic E-state index is 12.9. The Labute approximate surface area is 159 Å². The van der Waals surface area contributed by atoms with Crippen LogP contribution in [0.3, 0.4) is 0 Å². The van der Waals surface area contributed by atoms with Crippen molar-refractivity contribution in [1.82, 2.24) is 0 Å². The lowest BCUT2D eigenvalue weighted by Crippen LogP contribution is -2.24. The lowest BCUT2D eigenvalue weighted by molar-refractivity contribution is -0.387. The normalized spacial score (nSPS) is 11.0. The number of nitrogens with two attached hydrogens (primary N) is 2. The number of carbonyl (C=O) groups is 1. The molecule has 2 aromatic rings. The minimum atomic E-state index is -4.26. The molecule has 0 aliphatic heterocycles. The molecule has 0 fully saturated rings. The molecule has 0 atom stereocenters. The van der Waals surface area contributed by atoms with Gasteiger partial charge in [-0.3, -0.25) is 14.9 Å². The summed E-state index contributed by atoms with van der Waals surface area (Å²) in [6, 6.07) is 7.30. The number of nitro groups is 1. The van der Waals surface area contributed by atoms with E-state index in [1.807, 2.05) is 0 Å². The van der Waals surface area contributed by atoms with Crippen LogP contribution in [-0.4, -0.2) is 25.2 Å². The van der Waals surface area contributed by atoms with Gasteiger partial charge in [-0.2, -0.15) is 4.99 Å². The van der Waals surface area contributed by atoms with Crippen LogP contribution in [0, 0.1) is 10.1 Å². The Bertz CT molecular complexity index is 1060. The van der Waals surface area contributed by atoms with Crippen molar-refractivity contribution < 1.29 is 18.1 Å². The van der Waals surface area contributed by atoms with Crippen LogP contribution in [-0.2, 0) is 16.3 Å². The summed E-state index contributed by atoms with van der Waals surface area (Å²) in [6.07, 6.45) is 0.219. The smallest absolute Gasteiger partial charge is 0.289 e. The number of nitro benzene ring substituents is 1. The zero-order valence-corrected chi connectivity index (χ0v) is 15.6. The number of guanidine groups is 1. The molecule has 1 amide bonds. The summed E-state index contributed by atoms with van der Waals surface area (Å²) in [5.74, 6) is -1.41. The summed E-state index contributed by atoms with van der Waals surface area (Å²) in [4.78, 5) is 25.4. The first-order valence-electron chi connectivity index (χ1n) is 7.53. The van der Waals surface area contributed by atoms with Gasteiger partial charge in [0.25, 0.3) is 11.6 Å². The molecule has 11 heteroatoms. The molecule has 0 aromatic heterocycles. The van der Waals surface area contributed by atoms with Crippen LogP contribution in [0.5, 0.6) is 0 Å². The highest BCUT2D eigenvalue weighted by atomic mass is 35.5. The standard InChI is InChI=1S/C16H15ClN4O5S/c1-2-9-6-14(27(25,26)11-5-3-4-10(17)7-11)13(21(23)24)8-12(9)15(22)20-16(18)19/h3-8H,2H2,1H3,(H4,18,19,20,22). The van der Waals surface area contributed by atoms with Gasteiger partial charge in [-0.1, -0.05) is 24.6 Å². The maximum Gasteiger partial charge on any atom is 0.289 e. The molecule has 0 bridgehead atoms. The number of hydrogen-bond donors (Lipinski definition) is 2. The highest BCUT2D eigenvalue weighted by molar-refractivity contribution is 7.91. The second-order valence-corrected chi connectivity index (χ2v) is 7.74. The Balaban J connectivity index is 2.79. The van der Waals surface area contributed by atoms with Gasteiger partial charge >= 0.3 is 0 Å². The van der Waals surface area contributed by atoms with Gasteiger partial charge in [0, 0.05) is 11.1 Å². The van der Waals surface area contributed by atoms with Crippen LogP contribution in [0.1, 0.15) is 22.8 Å². The molecular formula is C16H15ClN4O5S. The number of hydrogen-bond acceptors (Lipinski definition) is 5. The number of rotatable bonds is 5. The second-order valence-electron chi connectivity index (χ2n) is 5.39. The van der Waals surface area contributed by atoms with E-state index >= 15 is 0 Å². The van der Waals surface area contributed by atoms with Crippen LogP contribution < -0.4 is 11.5 Å². The van der Waals surface area contributed by atoms with Crippen LogP contribution in [0.4, 0.5) is 5.69 Å². The minimum absolute atomic E-state index is 0.150. The van der Waals surface area contributed by atoms with Gasteiger partial charge < -0.3 is 11.5 Å². The Morgan fingerprint density at radius 1 is 1.26 bits per heavy atom. The number of sulfone groups is 1. The van der Waals surface area contributed by atoms with E-state index in [0.717, 1.165) is 12.1 Å². The summed E-state index contributed by atoms with van der Waals surface area (Å²) < 4.78 is 25.8. The summed E-state index contributed by atoms with van der Waals surface area (Å²) in [7, 11) is -4.26. The number of amides is 1.